The monoisotopic (exact) mass is 237 g/mol. The van der Waals surface area contributed by atoms with Gasteiger partial charge < -0.3 is 4.98 Å². The first-order chi connectivity index (χ1) is 8.13. The third kappa shape index (κ3) is 2.52. The molecule has 0 bridgehead atoms. The summed E-state index contributed by atoms with van der Waals surface area (Å²) in [7, 11) is 0. The van der Waals surface area contributed by atoms with Crippen molar-refractivity contribution in [2.75, 3.05) is 6.61 Å². The standard InChI is InChI=1S/C11H15N3O3/c1-3-17-14-11(16)8-6(2)12-9(7-4-5-7)13-10(8)15/h7H,3-5H2,1-2H3,(H,14,16)(H,12,13,15). The first kappa shape index (κ1) is 11.8. The van der Waals surface area contributed by atoms with E-state index in [1.165, 1.54) is 0 Å². The highest BCUT2D eigenvalue weighted by atomic mass is 16.6. The SMILES string of the molecule is CCONC(=O)c1c(C)nc(C2CC2)[nH]c1=O. The molecule has 0 spiro atoms. The summed E-state index contributed by atoms with van der Waals surface area (Å²) in [5.74, 6) is 0.478. The molecular formula is C11H15N3O3. The van der Waals surface area contributed by atoms with Crippen LogP contribution in [0.25, 0.3) is 0 Å². The van der Waals surface area contributed by atoms with Crippen molar-refractivity contribution in [3.8, 4) is 0 Å². The van der Waals surface area contributed by atoms with Crippen molar-refractivity contribution in [2.45, 2.75) is 32.6 Å². The summed E-state index contributed by atoms with van der Waals surface area (Å²) in [6, 6.07) is 0. The van der Waals surface area contributed by atoms with Crippen LogP contribution in [0.1, 0.15) is 47.6 Å². The number of nitrogens with zero attached hydrogens (tertiary/aromatic N) is 1. The number of carbonyl (C=O) groups excluding carboxylic acids is 1. The van der Waals surface area contributed by atoms with Crippen LogP contribution in [0, 0.1) is 6.92 Å². The van der Waals surface area contributed by atoms with Gasteiger partial charge in [0.05, 0.1) is 12.3 Å². The van der Waals surface area contributed by atoms with E-state index in [4.69, 9.17) is 4.84 Å². The van der Waals surface area contributed by atoms with E-state index in [0.29, 0.717) is 24.0 Å². The van der Waals surface area contributed by atoms with Gasteiger partial charge in [0.1, 0.15) is 11.4 Å². The molecule has 2 rings (SSSR count). The lowest BCUT2D eigenvalue weighted by Crippen LogP contribution is -2.32. The van der Waals surface area contributed by atoms with Gasteiger partial charge in [0.25, 0.3) is 11.5 Å². The fourth-order valence-electron chi connectivity index (χ4n) is 1.61. The van der Waals surface area contributed by atoms with E-state index in [0.717, 1.165) is 12.8 Å². The zero-order chi connectivity index (χ0) is 12.4. The highest BCUT2D eigenvalue weighted by molar-refractivity contribution is 5.94. The van der Waals surface area contributed by atoms with Crippen molar-refractivity contribution < 1.29 is 9.63 Å². The van der Waals surface area contributed by atoms with Gasteiger partial charge in [-0.3, -0.25) is 14.4 Å². The molecule has 0 aromatic carbocycles. The molecule has 0 unspecified atom stereocenters. The molecule has 1 saturated carbocycles. The minimum atomic E-state index is -0.555. The Morgan fingerprint density at radius 2 is 2.29 bits per heavy atom. The quantitative estimate of drug-likeness (QED) is 0.752. The van der Waals surface area contributed by atoms with Crippen LogP contribution in [-0.4, -0.2) is 22.5 Å². The summed E-state index contributed by atoms with van der Waals surface area (Å²) in [6.07, 6.45) is 2.10. The molecule has 92 valence electrons. The van der Waals surface area contributed by atoms with Crippen LogP contribution in [0.2, 0.25) is 0 Å². The number of hydrogen-bond acceptors (Lipinski definition) is 4. The van der Waals surface area contributed by atoms with Gasteiger partial charge in [-0.05, 0) is 26.7 Å². The zero-order valence-corrected chi connectivity index (χ0v) is 9.87. The smallest absolute Gasteiger partial charge is 0.282 e. The number of aromatic nitrogens is 2. The average Bonchev–Trinajstić information content (AvgIpc) is 3.08. The van der Waals surface area contributed by atoms with Crippen LogP contribution in [0.15, 0.2) is 4.79 Å². The van der Waals surface area contributed by atoms with Gasteiger partial charge in [0.15, 0.2) is 0 Å². The Bertz CT molecular complexity index is 491. The largest absolute Gasteiger partial charge is 0.310 e. The van der Waals surface area contributed by atoms with Gasteiger partial charge in [-0.15, -0.1) is 0 Å². The molecular weight excluding hydrogens is 222 g/mol. The van der Waals surface area contributed by atoms with Gasteiger partial charge in [-0.25, -0.2) is 10.5 Å². The van der Waals surface area contributed by atoms with Crippen molar-refractivity contribution in [2.24, 2.45) is 0 Å². The molecule has 6 heteroatoms. The van der Waals surface area contributed by atoms with Crippen molar-refractivity contribution in [1.82, 2.24) is 15.4 Å². The molecule has 1 fully saturated rings. The van der Waals surface area contributed by atoms with Crippen LogP contribution in [-0.2, 0) is 4.84 Å². The van der Waals surface area contributed by atoms with Crippen LogP contribution >= 0.6 is 0 Å². The molecule has 1 aromatic heterocycles. The maximum atomic E-state index is 11.8. The topological polar surface area (TPSA) is 84.1 Å². The van der Waals surface area contributed by atoms with Crippen molar-refractivity contribution in [3.05, 3.63) is 27.4 Å². The molecule has 0 atom stereocenters. The minimum Gasteiger partial charge on any atom is -0.310 e. The van der Waals surface area contributed by atoms with Gasteiger partial charge in [-0.2, -0.15) is 0 Å². The lowest BCUT2D eigenvalue weighted by atomic mass is 10.2. The first-order valence-corrected chi connectivity index (χ1v) is 5.66. The molecule has 0 saturated heterocycles. The van der Waals surface area contributed by atoms with Gasteiger partial charge in [0.2, 0.25) is 0 Å². The minimum absolute atomic E-state index is 0.0165. The summed E-state index contributed by atoms with van der Waals surface area (Å²) >= 11 is 0. The second kappa shape index (κ2) is 4.67. The molecule has 1 heterocycles. The van der Waals surface area contributed by atoms with E-state index >= 15 is 0 Å². The molecule has 0 aliphatic heterocycles. The summed E-state index contributed by atoms with van der Waals surface area (Å²) in [6.45, 7) is 3.74. The predicted octanol–water partition coefficient (Wildman–Crippen LogP) is 0.637. The zero-order valence-electron chi connectivity index (χ0n) is 9.87. The number of hydroxylamine groups is 1. The number of aromatic amines is 1. The number of nitrogens with one attached hydrogen (secondary N) is 2. The molecule has 17 heavy (non-hydrogen) atoms. The fourth-order valence-corrected chi connectivity index (χ4v) is 1.61. The van der Waals surface area contributed by atoms with Crippen LogP contribution in [0.4, 0.5) is 0 Å². The molecule has 2 N–H and O–H groups in total. The Balaban J connectivity index is 2.28. The van der Waals surface area contributed by atoms with Gasteiger partial charge in [0, 0.05) is 5.92 Å². The predicted molar refractivity (Wildman–Crippen MR) is 60.7 cm³/mol. The summed E-state index contributed by atoms with van der Waals surface area (Å²) in [5.41, 5.74) is 2.24. The van der Waals surface area contributed by atoms with E-state index in [2.05, 4.69) is 15.4 Å². The molecule has 6 nitrogen and oxygen atoms in total. The van der Waals surface area contributed by atoms with Gasteiger partial charge >= 0.3 is 0 Å². The first-order valence-electron chi connectivity index (χ1n) is 5.66. The normalized spacial score (nSPS) is 14.7. The molecule has 1 amide bonds. The van der Waals surface area contributed by atoms with Crippen molar-refractivity contribution >= 4 is 5.91 Å². The Hall–Kier alpha value is -1.69. The van der Waals surface area contributed by atoms with Crippen LogP contribution < -0.4 is 11.0 Å². The van der Waals surface area contributed by atoms with E-state index < -0.39 is 11.5 Å². The number of aryl methyl sites for hydroxylation is 1. The van der Waals surface area contributed by atoms with E-state index in [-0.39, 0.29) is 5.56 Å². The van der Waals surface area contributed by atoms with E-state index in [1.807, 2.05) is 0 Å². The third-order valence-electron chi connectivity index (χ3n) is 2.62. The second-order valence-corrected chi connectivity index (χ2v) is 4.05. The van der Waals surface area contributed by atoms with Crippen LogP contribution in [0.5, 0.6) is 0 Å². The maximum Gasteiger partial charge on any atom is 0.282 e. The number of carbonyl (C=O) groups is 1. The maximum absolute atomic E-state index is 11.8. The number of H-pyrrole nitrogens is 1. The van der Waals surface area contributed by atoms with Crippen molar-refractivity contribution in [3.63, 3.8) is 0 Å². The summed E-state index contributed by atoms with van der Waals surface area (Å²) in [4.78, 5) is 35.1. The van der Waals surface area contributed by atoms with E-state index in [1.54, 1.807) is 13.8 Å². The second-order valence-electron chi connectivity index (χ2n) is 4.05. The number of hydrogen-bond donors (Lipinski definition) is 2. The highest BCUT2D eigenvalue weighted by Crippen LogP contribution is 2.37. The molecule has 0 radical (unpaired) electrons. The fraction of sp³-hybridized carbons (Fsp3) is 0.545. The highest BCUT2D eigenvalue weighted by Gasteiger charge is 2.27. The number of amides is 1. The summed E-state index contributed by atoms with van der Waals surface area (Å²) in [5, 5.41) is 0. The van der Waals surface area contributed by atoms with Crippen LogP contribution in [0.3, 0.4) is 0 Å². The Labute approximate surface area is 98.4 Å². The van der Waals surface area contributed by atoms with Gasteiger partial charge in [-0.1, -0.05) is 0 Å². The van der Waals surface area contributed by atoms with E-state index in [9.17, 15) is 9.59 Å². The lowest BCUT2D eigenvalue weighted by Gasteiger charge is -2.06. The molecule has 1 aromatic rings. The Morgan fingerprint density at radius 3 is 2.82 bits per heavy atom. The molecule has 1 aliphatic rings. The Kier molecular flexibility index (Phi) is 3.23. The number of rotatable bonds is 4. The van der Waals surface area contributed by atoms with Crippen molar-refractivity contribution in [1.29, 1.82) is 0 Å². The Morgan fingerprint density at radius 1 is 1.59 bits per heavy atom. The third-order valence-corrected chi connectivity index (χ3v) is 2.62. The lowest BCUT2D eigenvalue weighted by molar-refractivity contribution is 0.0362. The molecule has 1 aliphatic carbocycles. The average molecular weight is 237 g/mol. The summed E-state index contributed by atoms with van der Waals surface area (Å²) < 4.78 is 0.